The molecule has 14 heavy (non-hydrogen) atoms. The van der Waals surface area contributed by atoms with Gasteiger partial charge in [0.1, 0.15) is 0 Å². The molecule has 0 aliphatic carbocycles. The molecule has 1 rings (SSSR count). The highest BCUT2D eigenvalue weighted by atomic mass is 15.3. The van der Waals surface area contributed by atoms with Crippen molar-refractivity contribution in [1.82, 2.24) is 20.4 Å². The molecule has 2 N–H and O–H groups in total. The van der Waals surface area contributed by atoms with E-state index in [9.17, 15) is 0 Å². The zero-order chi connectivity index (χ0) is 10.4. The van der Waals surface area contributed by atoms with Crippen molar-refractivity contribution < 1.29 is 0 Å². The molecule has 0 bridgehead atoms. The number of nitrogens with zero attached hydrogens (tertiary/aromatic N) is 2. The molecule has 0 aromatic carbocycles. The zero-order valence-corrected chi connectivity index (χ0v) is 9.30. The lowest BCUT2D eigenvalue weighted by Crippen LogP contribution is -2.24. The van der Waals surface area contributed by atoms with E-state index in [1.54, 1.807) is 0 Å². The van der Waals surface area contributed by atoms with Gasteiger partial charge in [-0.25, -0.2) is 0 Å². The van der Waals surface area contributed by atoms with Gasteiger partial charge >= 0.3 is 0 Å². The maximum atomic E-state index is 4.39. The Morgan fingerprint density at radius 3 is 2.86 bits per heavy atom. The summed E-state index contributed by atoms with van der Waals surface area (Å²) in [6, 6.07) is 0. The maximum absolute atomic E-state index is 4.39. The summed E-state index contributed by atoms with van der Waals surface area (Å²) in [7, 11) is 3.93. The Balaban J connectivity index is 2.41. The van der Waals surface area contributed by atoms with Crippen LogP contribution in [0.2, 0.25) is 0 Å². The highest BCUT2D eigenvalue weighted by Gasteiger charge is 2.04. The Bertz CT molecular complexity index is 267. The third-order valence-corrected chi connectivity index (χ3v) is 2.19. The number of nitrogens with one attached hydrogen (secondary N) is 2. The number of hydrogen-bond donors (Lipinski definition) is 2. The topological polar surface area (TPSA) is 41.9 Å². The molecule has 1 heterocycles. The quantitative estimate of drug-likeness (QED) is 0.643. The van der Waals surface area contributed by atoms with Crippen molar-refractivity contribution in [2.75, 3.05) is 20.1 Å². The predicted octanol–water partition coefficient (Wildman–Crippen LogP) is 0.292. The summed E-state index contributed by atoms with van der Waals surface area (Å²) in [6.45, 7) is 5.05. The van der Waals surface area contributed by atoms with Gasteiger partial charge in [0.25, 0.3) is 0 Å². The van der Waals surface area contributed by atoms with E-state index in [0.29, 0.717) is 0 Å². The number of hydrogen-bond acceptors (Lipinski definition) is 3. The standard InChI is InChI=1S/C10H20N4/c1-4-10-9(8-14(3)13-10)7-12-6-5-11-2/h8,11-12H,4-7H2,1-3H3. The number of aromatic nitrogens is 2. The first-order valence-corrected chi connectivity index (χ1v) is 5.14. The van der Waals surface area contributed by atoms with E-state index in [4.69, 9.17) is 0 Å². The summed E-state index contributed by atoms with van der Waals surface area (Å²) in [5.74, 6) is 0. The van der Waals surface area contributed by atoms with Gasteiger partial charge in [-0.15, -0.1) is 0 Å². The molecule has 80 valence electrons. The third kappa shape index (κ3) is 3.12. The van der Waals surface area contributed by atoms with Crippen LogP contribution in [0.1, 0.15) is 18.2 Å². The van der Waals surface area contributed by atoms with E-state index in [2.05, 4.69) is 28.9 Å². The smallest absolute Gasteiger partial charge is 0.0666 e. The molecule has 0 saturated heterocycles. The molecule has 0 amide bonds. The lowest BCUT2D eigenvalue weighted by molar-refractivity contribution is 0.648. The molecule has 0 fully saturated rings. The van der Waals surface area contributed by atoms with Crippen molar-refractivity contribution in [2.45, 2.75) is 19.9 Å². The molecule has 4 heteroatoms. The van der Waals surface area contributed by atoms with Crippen LogP contribution in [0.5, 0.6) is 0 Å². The van der Waals surface area contributed by atoms with E-state index in [-0.39, 0.29) is 0 Å². The van der Waals surface area contributed by atoms with Crippen LogP contribution in [0, 0.1) is 0 Å². The molecule has 0 spiro atoms. The highest BCUT2D eigenvalue weighted by Crippen LogP contribution is 2.05. The van der Waals surface area contributed by atoms with Crippen LogP contribution in [0.4, 0.5) is 0 Å². The van der Waals surface area contributed by atoms with Crippen LogP contribution in [-0.4, -0.2) is 29.9 Å². The second-order valence-corrected chi connectivity index (χ2v) is 3.41. The normalized spacial score (nSPS) is 10.8. The molecular formula is C10H20N4. The molecule has 0 radical (unpaired) electrons. The van der Waals surface area contributed by atoms with Gasteiger partial charge in [0, 0.05) is 38.4 Å². The molecule has 0 aliphatic heterocycles. The van der Waals surface area contributed by atoms with Crippen molar-refractivity contribution in [1.29, 1.82) is 0 Å². The van der Waals surface area contributed by atoms with Gasteiger partial charge in [-0.05, 0) is 13.5 Å². The molecule has 4 nitrogen and oxygen atoms in total. The van der Waals surface area contributed by atoms with Crippen molar-refractivity contribution >= 4 is 0 Å². The Morgan fingerprint density at radius 2 is 2.21 bits per heavy atom. The van der Waals surface area contributed by atoms with Gasteiger partial charge in [-0.2, -0.15) is 5.10 Å². The average molecular weight is 196 g/mol. The van der Waals surface area contributed by atoms with Gasteiger partial charge in [0.15, 0.2) is 0 Å². The first kappa shape index (κ1) is 11.2. The van der Waals surface area contributed by atoms with Crippen molar-refractivity contribution in [3.63, 3.8) is 0 Å². The fraction of sp³-hybridized carbons (Fsp3) is 0.700. The van der Waals surface area contributed by atoms with Crippen molar-refractivity contribution in [3.05, 3.63) is 17.5 Å². The Morgan fingerprint density at radius 1 is 1.43 bits per heavy atom. The van der Waals surface area contributed by atoms with E-state index in [0.717, 1.165) is 26.1 Å². The largest absolute Gasteiger partial charge is 0.318 e. The van der Waals surface area contributed by atoms with Crippen molar-refractivity contribution in [2.24, 2.45) is 7.05 Å². The Hall–Kier alpha value is -0.870. The van der Waals surface area contributed by atoms with Gasteiger partial charge in [0.2, 0.25) is 0 Å². The van der Waals surface area contributed by atoms with Gasteiger partial charge in [0.05, 0.1) is 5.69 Å². The molecule has 1 aromatic heterocycles. The SMILES string of the molecule is CCc1nn(C)cc1CNCCNC. The fourth-order valence-electron chi connectivity index (χ4n) is 1.47. The molecule has 0 atom stereocenters. The number of aryl methyl sites for hydroxylation is 2. The van der Waals surface area contributed by atoms with E-state index >= 15 is 0 Å². The first-order chi connectivity index (χ1) is 6.77. The van der Waals surface area contributed by atoms with Crippen LogP contribution in [-0.2, 0) is 20.0 Å². The maximum Gasteiger partial charge on any atom is 0.0666 e. The average Bonchev–Trinajstić information content (AvgIpc) is 2.54. The minimum absolute atomic E-state index is 0.915. The minimum Gasteiger partial charge on any atom is -0.318 e. The Kier molecular flexibility index (Phi) is 4.62. The summed E-state index contributed by atoms with van der Waals surface area (Å²) in [4.78, 5) is 0. The summed E-state index contributed by atoms with van der Waals surface area (Å²) in [5.41, 5.74) is 2.51. The third-order valence-electron chi connectivity index (χ3n) is 2.19. The lowest BCUT2D eigenvalue weighted by Gasteiger charge is -2.03. The van der Waals surface area contributed by atoms with Crippen LogP contribution in [0.25, 0.3) is 0 Å². The number of likely N-dealkylation sites (N-methyl/N-ethyl adjacent to an activating group) is 1. The molecular weight excluding hydrogens is 176 g/mol. The summed E-state index contributed by atoms with van der Waals surface area (Å²) in [5, 5.41) is 10.9. The summed E-state index contributed by atoms with van der Waals surface area (Å²) in [6.07, 6.45) is 3.09. The second kappa shape index (κ2) is 5.78. The molecule has 0 saturated carbocycles. The highest BCUT2D eigenvalue weighted by molar-refractivity contribution is 5.16. The predicted molar refractivity (Wildman–Crippen MR) is 58.2 cm³/mol. The summed E-state index contributed by atoms with van der Waals surface area (Å²) >= 11 is 0. The van der Waals surface area contributed by atoms with Crippen LogP contribution in [0.15, 0.2) is 6.20 Å². The van der Waals surface area contributed by atoms with E-state index in [1.165, 1.54) is 11.3 Å². The second-order valence-electron chi connectivity index (χ2n) is 3.41. The van der Waals surface area contributed by atoms with Gasteiger partial charge < -0.3 is 10.6 Å². The van der Waals surface area contributed by atoms with E-state index in [1.807, 2.05) is 18.8 Å². The monoisotopic (exact) mass is 196 g/mol. The number of rotatable bonds is 6. The van der Waals surface area contributed by atoms with Gasteiger partial charge in [-0.1, -0.05) is 6.92 Å². The fourth-order valence-corrected chi connectivity index (χ4v) is 1.47. The molecule has 0 aliphatic rings. The Labute approximate surface area is 85.7 Å². The first-order valence-electron chi connectivity index (χ1n) is 5.14. The van der Waals surface area contributed by atoms with Crippen LogP contribution >= 0.6 is 0 Å². The zero-order valence-electron chi connectivity index (χ0n) is 9.30. The van der Waals surface area contributed by atoms with Crippen LogP contribution < -0.4 is 10.6 Å². The van der Waals surface area contributed by atoms with Crippen molar-refractivity contribution in [3.8, 4) is 0 Å². The minimum atomic E-state index is 0.915. The van der Waals surface area contributed by atoms with E-state index < -0.39 is 0 Å². The van der Waals surface area contributed by atoms with Gasteiger partial charge in [-0.3, -0.25) is 4.68 Å². The molecule has 0 unspecified atom stereocenters. The lowest BCUT2D eigenvalue weighted by atomic mass is 10.2. The molecule has 1 aromatic rings. The summed E-state index contributed by atoms with van der Waals surface area (Å²) < 4.78 is 1.88. The van der Waals surface area contributed by atoms with Crippen LogP contribution in [0.3, 0.4) is 0 Å².